The number of aliphatic hydroxyl groups is 5. The van der Waals surface area contributed by atoms with E-state index >= 15 is 0 Å². The van der Waals surface area contributed by atoms with Gasteiger partial charge < -0.3 is 49.2 Å². The van der Waals surface area contributed by atoms with Crippen LogP contribution in [0.5, 0.6) is 0 Å². The standard InChI is InChI=1S/C21H22F6O2.3C21H25F3O2.C21H28O2/c1-12(2)17-11-15(10-14-8-6-7-9-16(14)17)18(4,5)29-13(3)19(28,20(22,23)24)21(25,26)27;1-13(2)15-7-8-17-12-18(10-9-16(17)11-15)19(4,5)26-14(3)20(6,25)21(22,23)24;1-13(2)15-10-11-17-16(12-15)8-7-9-18(17)19(4,5)26-14(3)20(6,25)21(22,23)24;1-13(2)16-11-15-9-7-8-10-17(15)18(12-16)19(4,5)26-14(3)20(6,25)21(22,23)24;1-14(2)18-12-16-10-8-9-11-17(16)13-19(18)21(6,7)23-15(3)20(4,5)22/h6-11,13,28H,1H2,2-5H3;3*7-12,14,25H,1H2,2-6H3;8-13,15,22H,1H2,2-7H3. The molecule has 8 unspecified atom stereocenters. The predicted molar refractivity (Wildman–Crippen MR) is 495 cm³/mol. The molecule has 0 radical (unpaired) electrons. The van der Waals surface area contributed by atoms with Crippen LogP contribution in [0.2, 0.25) is 0 Å². The monoisotopic (exact) mass is 1830 g/mol. The van der Waals surface area contributed by atoms with Crippen LogP contribution >= 0.6 is 0 Å². The summed E-state index contributed by atoms with van der Waals surface area (Å²) in [5, 5.41) is 59.0. The van der Waals surface area contributed by atoms with E-state index in [1.165, 1.54) is 45.4 Å². The highest BCUT2D eigenvalue weighted by Crippen LogP contribution is 2.50. The molecule has 8 atom stereocenters. The Kier molecular flexibility index (Phi) is 33.6. The average Bonchev–Trinajstić information content (AvgIpc) is 0.743. The second kappa shape index (κ2) is 39.9. The van der Waals surface area contributed by atoms with Crippen molar-refractivity contribution in [3.63, 3.8) is 0 Å². The van der Waals surface area contributed by atoms with Crippen LogP contribution in [-0.4, -0.2) is 115 Å². The van der Waals surface area contributed by atoms with Gasteiger partial charge in [0.25, 0.3) is 5.60 Å². The molecule has 10 aromatic carbocycles. The van der Waals surface area contributed by atoms with E-state index in [4.69, 9.17) is 23.7 Å². The molecular weight excluding hydrogens is 1710 g/mol. The zero-order valence-electron chi connectivity index (χ0n) is 78.7. The fourth-order valence-electron chi connectivity index (χ4n) is 14.5. The number of ether oxygens (including phenoxy) is 5. The van der Waals surface area contributed by atoms with Crippen molar-refractivity contribution in [2.75, 3.05) is 0 Å². The maximum Gasteiger partial charge on any atom is 0.428 e. The van der Waals surface area contributed by atoms with Crippen molar-refractivity contribution in [3.8, 4) is 0 Å². The molecule has 0 heterocycles. The van der Waals surface area contributed by atoms with Crippen molar-refractivity contribution in [1.29, 1.82) is 0 Å². The summed E-state index contributed by atoms with van der Waals surface area (Å²) in [4.78, 5) is 0. The molecule has 0 fully saturated rings. The van der Waals surface area contributed by atoms with Gasteiger partial charge in [-0.2, -0.15) is 65.9 Å². The van der Waals surface area contributed by atoms with Crippen LogP contribution in [0.25, 0.3) is 81.7 Å². The zero-order chi connectivity index (χ0) is 99.6. The zero-order valence-corrected chi connectivity index (χ0v) is 78.7. The lowest BCUT2D eigenvalue weighted by atomic mass is 9.87. The van der Waals surface area contributed by atoms with Crippen LogP contribution in [0.15, 0.2) is 215 Å². The first-order valence-corrected chi connectivity index (χ1v) is 42.2. The molecule has 25 heteroatoms. The minimum atomic E-state index is -5.97. The Morgan fingerprint density at radius 3 is 1.00 bits per heavy atom. The third-order valence-electron chi connectivity index (χ3n) is 24.0. The molecule has 0 aromatic heterocycles. The van der Waals surface area contributed by atoms with Crippen molar-refractivity contribution < 1.29 is 115 Å². The van der Waals surface area contributed by atoms with Gasteiger partial charge in [-0.3, -0.25) is 0 Å². The quantitative estimate of drug-likeness (QED) is 0.0350. The third-order valence-corrected chi connectivity index (χ3v) is 24.0. The van der Waals surface area contributed by atoms with Crippen molar-refractivity contribution >= 4 is 81.7 Å². The Balaban J connectivity index is 0.000000251. The predicted octanol–water partition coefficient (Wildman–Crippen LogP) is 29.1. The first-order chi connectivity index (χ1) is 58.8. The molecule has 710 valence electrons. The van der Waals surface area contributed by atoms with Gasteiger partial charge in [-0.05, 0) is 337 Å². The summed E-state index contributed by atoms with van der Waals surface area (Å²) in [5.74, 6) is 0. The van der Waals surface area contributed by atoms with E-state index in [0.717, 1.165) is 131 Å². The van der Waals surface area contributed by atoms with E-state index in [0.29, 0.717) is 23.6 Å². The van der Waals surface area contributed by atoms with E-state index in [2.05, 4.69) is 57.2 Å². The minimum Gasteiger partial charge on any atom is -0.388 e. The van der Waals surface area contributed by atoms with Crippen LogP contribution in [0.3, 0.4) is 0 Å². The van der Waals surface area contributed by atoms with Gasteiger partial charge in [0.05, 0.1) is 58.0 Å². The average molecular weight is 1830 g/mol. The van der Waals surface area contributed by atoms with E-state index in [-0.39, 0.29) is 6.10 Å². The number of halogens is 15. The summed E-state index contributed by atoms with van der Waals surface area (Å²) < 4.78 is 225. The van der Waals surface area contributed by atoms with Crippen LogP contribution < -0.4 is 0 Å². The Morgan fingerprint density at radius 2 is 0.569 bits per heavy atom. The van der Waals surface area contributed by atoms with Crippen LogP contribution in [0.4, 0.5) is 65.9 Å². The van der Waals surface area contributed by atoms with Gasteiger partial charge in [0, 0.05) is 0 Å². The highest BCUT2D eigenvalue weighted by molar-refractivity contribution is 5.95. The summed E-state index contributed by atoms with van der Waals surface area (Å²) in [7, 11) is 0. The Morgan fingerprint density at radius 1 is 0.254 bits per heavy atom. The molecule has 130 heavy (non-hydrogen) atoms. The SMILES string of the molecule is C=C(C)c1cc(C(C)(C)OC(C)C(C)(O)C(F)(F)F)c2ccccc2c1.C=C(C)c1cc(C(C)(C)OC(C)C(O)(C(F)(F)F)C(F)(F)F)cc2ccccc12.C=C(C)c1cc2ccccc2cc1C(C)(C)OC(C)C(C)(C)O.C=C(C)c1ccc2c(C(C)(C)OC(C)C(C)(O)C(F)(F)F)cccc2c1.C=C(C)c1ccc2cc(C(C)(C)OC(C)C(C)(O)C(F)(F)F)ccc2c1. The molecule has 0 aliphatic rings. The van der Waals surface area contributed by atoms with E-state index in [9.17, 15) is 91.4 Å². The van der Waals surface area contributed by atoms with Crippen molar-refractivity contribution in [1.82, 2.24) is 0 Å². The number of alkyl halides is 15. The molecule has 10 aromatic rings. The van der Waals surface area contributed by atoms with Gasteiger partial charge in [0.2, 0.25) is 0 Å². The van der Waals surface area contributed by atoms with E-state index in [1.807, 2.05) is 182 Å². The van der Waals surface area contributed by atoms with Crippen molar-refractivity contribution in [2.45, 2.75) is 291 Å². The Hall–Kier alpha value is -9.25. The number of hydrogen-bond acceptors (Lipinski definition) is 10. The van der Waals surface area contributed by atoms with E-state index in [1.54, 1.807) is 86.6 Å². The highest BCUT2D eigenvalue weighted by atomic mass is 19.4. The van der Waals surface area contributed by atoms with Gasteiger partial charge >= 0.3 is 30.9 Å². The fourth-order valence-corrected chi connectivity index (χ4v) is 14.5. The van der Waals surface area contributed by atoms with Gasteiger partial charge in [0.1, 0.15) is 6.10 Å². The van der Waals surface area contributed by atoms with Crippen LogP contribution in [0.1, 0.15) is 229 Å². The number of fused-ring (bicyclic) bond motifs is 5. The van der Waals surface area contributed by atoms with Crippen molar-refractivity contribution in [2.24, 2.45) is 0 Å². The number of benzene rings is 10. The van der Waals surface area contributed by atoms with E-state index < -0.39 is 111 Å². The molecule has 10 nitrogen and oxygen atoms in total. The topological polar surface area (TPSA) is 147 Å². The fraction of sp³-hybridized carbons (Fsp3) is 0.429. The molecule has 0 amide bonds. The maximum atomic E-state index is 13.1. The molecule has 0 aliphatic heterocycles. The first-order valence-electron chi connectivity index (χ1n) is 42.2. The first kappa shape index (κ1) is 110. The number of rotatable bonds is 25. The molecule has 0 bridgehead atoms. The lowest BCUT2D eigenvalue weighted by Crippen LogP contribution is -2.64. The largest absolute Gasteiger partial charge is 0.428 e. The summed E-state index contributed by atoms with van der Waals surface area (Å²) >= 11 is 0. The van der Waals surface area contributed by atoms with Crippen molar-refractivity contribution in [3.05, 3.63) is 271 Å². The summed E-state index contributed by atoms with van der Waals surface area (Å²) in [6.45, 7) is 58.2. The number of allylic oxidation sites excluding steroid dienone is 5. The molecular formula is C105H125F15O10. The lowest BCUT2D eigenvalue weighted by Gasteiger charge is -2.40. The summed E-state index contributed by atoms with van der Waals surface area (Å²) in [6, 6.07) is 57.6. The Bertz CT molecular complexity index is 5680. The highest BCUT2D eigenvalue weighted by Gasteiger charge is 2.74. The lowest BCUT2D eigenvalue weighted by molar-refractivity contribution is -0.398. The van der Waals surface area contributed by atoms with Gasteiger partial charge in [-0.1, -0.05) is 188 Å². The molecule has 0 saturated carbocycles. The van der Waals surface area contributed by atoms with Crippen LogP contribution in [-0.2, 0) is 51.7 Å². The Labute approximate surface area is 754 Å². The molecule has 0 aliphatic carbocycles. The second-order valence-corrected chi connectivity index (χ2v) is 37.4. The smallest absolute Gasteiger partial charge is 0.388 e. The van der Waals surface area contributed by atoms with Crippen LogP contribution in [0, 0.1) is 0 Å². The summed E-state index contributed by atoms with van der Waals surface area (Å²) in [5.41, 5.74) is -7.06. The minimum absolute atomic E-state index is 0.290. The molecule has 0 spiro atoms. The maximum absolute atomic E-state index is 13.1. The number of hydrogen-bond donors (Lipinski definition) is 5. The van der Waals surface area contributed by atoms with Gasteiger partial charge in [-0.25, -0.2) is 0 Å². The normalized spacial score (nSPS) is 15.6. The summed E-state index contributed by atoms with van der Waals surface area (Å²) in [6.07, 6.45) is -33.5. The molecule has 0 saturated heterocycles. The molecule has 5 N–H and O–H groups in total. The van der Waals surface area contributed by atoms with Gasteiger partial charge in [0.15, 0.2) is 16.8 Å². The molecule has 10 rings (SSSR count). The third kappa shape index (κ3) is 25.4. The second-order valence-electron chi connectivity index (χ2n) is 37.4. The van der Waals surface area contributed by atoms with Gasteiger partial charge in [-0.15, -0.1) is 0 Å².